The van der Waals surface area contributed by atoms with Gasteiger partial charge < -0.3 is 14.6 Å². The van der Waals surface area contributed by atoms with Crippen LogP contribution in [0.5, 0.6) is 11.5 Å². The maximum atomic E-state index is 12.9. The second kappa shape index (κ2) is 8.10. The number of ether oxygens (including phenoxy) is 2. The van der Waals surface area contributed by atoms with E-state index < -0.39 is 5.97 Å². The summed E-state index contributed by atoms with van der Waals surface area (Å²) in [4.78, 5) is 25.0. The van der Waals surface area contributed by atoms with E-state index in [1.54, 1.807) is 11.3 Å². The molecule has 3 rings (SSSR count). The van der Waals surface area contributed by atoms with Gasteiger partial charge in [0.25, 0.3) is 0 Å². The summed E-state index contributed by atoms with van der Waals surface area (Å²) < 4.78 is 11.0. The number of hydrogen-bond acceptors (Lipinski definition) is 5. The number of carboxylic acid groups (broad SMARTS) is 1. The molecule has 0 amide bonds. The number of allylic oxidation sites excluding steroid dienone is 1. The van der Waals surface area contributed by atoms with E-state index in [1.165, 1.54) is 38.5 Å². The number of carboxylic acids is 1. The normalized spacial score (nSPS) is 10.4. The Bertz CT molecular complexity index is 1010. The molecule has 0 saturated heterocycles. The first-order valence-electron chi connectivity index (χ1n) is 8.33. The van der Waals surface area contributed by atoms with Gasteiger partial charge >= 0.3 is 5.97 Å². The van der Waals surface area contributed by atoms with E-state index in [-0.39, 0.29) is 16.9 Å². The van der Waals surface area contributed by atoms with Gasteiger partial charge in [0.15, 0.2) is 5.78 Å². The molecule has 1 aromatic heterocycles. The van der Waals surface area contributed by atoms with Crippen LogP contribution in [-0.4, -0.2) is 31.1 Å². The minimum absolute atomic E-state index is 0.109. The summed E-state index contributed by atoms with van der Waals surface area (Å²) in [6.45, 7) is 3.95. The zero-order valence-electron chi connectivity index (χ0n) is 15.4. The van der Waals surface area contributed by atoms with Crippen LogP contribution in [0.4, 0.5) is 0 Å². The van der Waals surface area contributed by atoms with E-state index in [1.807, 2.05) is 29.6 Å². The largest absolute Gasteiger partial charge is 0.496 e. The van der Waals surface area contributed by atoms with Crippen molar-refractivity contribution in [2.75, 3.05) is 14.2 Å². The Morgan fingerprint density at radius 3 is 2.00 bits per heavy atom. The van der Waals surface area contributed by atoms with Crippen LogP contribution in [0, 0.1) is 0 Å². The highest BCUT2D eigenvalue weighted by Crippen LogP contribution is 2.40. The van der Waals surface area contributed by atoms with Crippen LogP contribution in [-0.2, 0) is 0 Å². The summed E-state index contributed by atoms with van der Waals surface area (Å²) in [6, 6.07) is 13.3. The third kappa shape index (κ3) is 3.68. The quantitative estimate of drug-likeness (QED) is 0.450. The first kappa shape index (κ1) is 19.4. The topological polar surface area (TPSA) is 72.8 Å². The molecule has 6 heteroatoms. The fraction of sp³-hybridized carbons (Fsp3) is 0.0909. The van der Waals surface area contributed by atoms with Crippen molar-refractivity contribution in [3.63, 3.8) is 0 Å². The molecule has 2 aromatic carbocycles. The zero-order chi connectivity index (χ0) is 20.3. The molecule has 0 atom stereocenters. The predicted octanol–water partition coefficient (Wildman–Crippen LogP) is 5.03. The van der Waals surface area contributed by atoms with Crippen molar-refractivity contribution in [1.82, 2.24) is 0 Å². The van der Waals surface area contributed by atoms with Crippen LogP contribution in [0.25, 0.3) is 16.0 Å². The molecule has 1 heterocycles. The lowest BCUT2D eigenvalue weighted by Gasteiger charge is -2.16. The van der Waals surface area contributed by atoms with E-state index in [0.717, 1.165) is 10.4 Å². The third-order valence-corrected chi connectivity index (χ3v) is 5.20. The van der Waals surface area contributed by atoms with E-state index in [4.69, 9.17) is 14.6 Å². The van der Waals surface area contributed by atoms with Crippen molar-refractivity contribution in [3.8, 4) is 21.9 Å². The smallest absolute Gasteiger partial charge is 0.335 e. The summed E-state index contributed by atoms with van der Waals surface area (Å²) in [5.41, 5.74) is 2.03. The van der Waals surface area contributed by atoms with E-state index in [2.05, 4.69) is 6.58 Å². The third-order valence-electron chi connectivity index (χ3n) is 4.28. The Morgan fingerprint density at radius 1 is 0.964 bits per heavy atom. The molecular formula is C22H18O5S. The molecule has 0 saturated carbocycles. The minimum atomic E-state index is -1.05. The second-order valence-corrected chi connectivity index (χ2v) is 6.87. The highest BCUT2D eigenvalue weighted by molar-refractivity contribution is 7.13. The monoisotopic (exact) mass is 394 g/mol. The van der Waals surface area contributed by atoms with Gasteiger partial charge in [-0.1, -0.05) is 24.8 Å². The van der Waals surface area contributed by atoms with E-state index in [9.17, 15) is 9.59 Å². The van der Waals surface area contributed by atoms with Gasteiger partial charge in [-0.3, -0.25) is 4.79 Å². The molecule has 0 unspecified atom stereocenters. The molecule has 5 nitrogen and oxygen atoms in total. The molecule has 3 aromatic rings. The highest BCUT2D eigenvalue weighted by atomic mass is 32.1. The van der Waals surface area contributed by atoms with Crippen LogP contribution in [0.2, 0.25) is 0 Å². The molecule has 142 valence electrons. The first-order chi connectivity index (χ1) is 13.5. The lowest BCUT2D eigenvalue weighted by atomic mass is 9.94. The number of carbonyl (C=O) groups is 2. The lowest BCUT2D eigenvalue weighted by molar-refractivity contribution is 0.0696. The highest BCUT2D eigenvalue weighted by Gasteiger charge is 2.22. The Hall–Kier alpha value is -3.38. The van der Waals surface area contributed by atoms with Crippen molar-refractivity contribution in [2.24, 2.45) is 0 Å². The Balaban J connectivity index is 2.02. The average molecular weight is 394 g/mol. The van der Waals surface area contributed by atoms with Crippen LogP contribution < -0.4 is 9.47 Å². The number of benzene rings is 2. The zero-order valence-corrected chi connectivity index (χ0v) is 16.2. The lowest BCUT2D eigenvalue weighted by Crippen LogP contribution is -2.06. The Kier molecular flexibility index (Phi) is 5.61. The molecule has 0 bridgehead atoms. The van der Waals surface area contributed by atoms with Gasteiger partial charge in [-0.25, -0.2) is 4.79 Å². The van der Waals surface area contributed by atoms with Gasteiger partial charge in [0.05, 0.1) is 25.3 Å². The number of thiophene rings is 1. The second-order valence-electron chi connectivity index (χ2n) is 5.92. The van der Waals surface area contributed by atoms with Gasteiger partial charge in [-0.2, -0.15) is 0 Å². The van der Waals surface area contributed by atoms with Crippen molar-refractivity contribution in [3.05, 3.63) is 77.2 Å². The fourth-order valence-electron chi connectivity index (χ4n) is 2.85. The summed E-state index contributed by atoms with van der Waals surface area (Å²) in [6.07, 6.45) is 0. The van der Waals surface area contributed by atoms with Crippen molar-refractivity contribution < 1.29 is 24.2 Å². The summed E-state index contributed by atoms with van der Waals surface area (Å²) in [7, 11) is 3.05. The maximum Gasteiger partial charge on any atom is 0.335 e. The number of aromatic carboxylic acids is 1. The molecule has 1 N–H and O–H groups in total. The predicted molar refractivity (Wildman–Crippen MR) is 110 cm³/mol. The van der Waals surface area contributed by atoms with Gasteiger partial charge in [-0.05, 0) is 41.3 Å². The molecule has 0 fully saturated rings. The van der Waals surface area contributed by atoms with E-state index >= 15 is 0 Å². The Morgan fingerprint density at radius 2 is 1.54 bits per heavy atom. The number of Topliss-reactive ketones (excluding diaryl/α,β-unsaturated/α-hetero) is 1. The van der Waals surface area contributed by atoms with Gasteiger partial charge in [0, 0.05) is 16.0 Å². The number of rotatable bonds is 7. The van der Waals surface area contributed by atoms with Crippen molar-refractivity contribution >= 4 is 28.7 Å². The standard InChI is InChI=1S/C22H18O5S/c1-13(21(23)14-6-8-15(9-7-14)22(24)25)20-17(26-2)11-16(12-18(20)27-3)19-5-4-10-28-19/h4-12H,1H2,2-3H3,(H,24,25). The van der Waals surface area contributed by atoms with Crippen LogP contribution in [0.3, 0.4) is 0 Å². The SMILES string of the molecule is C=C(C(=O)c1ccc(C(=O)O)cc1)c1c(OC)cc(-c2cccs2)cc1OC. The van der Waals surface area contributed by atoms with Crippen LogP contribution >= 0.6 is 11.3 Å². The summed E-state index contributed by atoms with van der Waals surface area (Å²) >= 11 is 1.59. The summed E-state index contributed by atoms with van der Waals surface area (Å²) in [5, 5.41) is 11.0. The molecule has 0 radical (unpaired) electrons. The molecule has 0 aliphatic rings. The van der Waals surface area contributed by atoms with Gasteiger partial charge in [0.1, 0.15) is 11.5 Å². The van der Waals surface area contributed by atoms with Crippen LogP contribution in [0.1, 0.15) is 26.3 Å². The molecule has 0 aliphatic heterocycles. The number of carbonyl (C=O) groups excluding carboxylic acids is 1. The Labute approximate surface area is 166 Å². The summed E-state index contributed by atoms with van der Waals surface area (Å²) in [5.74, 6) is -0.436. The van der Waals surface area contributed by atoms with Crippen molar-refractivity contribution in [2.45, 2.75) is 0 Å². The van der Waals surface area contributed by atoms with Crippen molar-refractivity contribution in [1.29, 1.82) is 0 Å². The molecular weight excluding hydrogens is 376 g/mol. The van der Waals surface area contributed by atoms with E-state index in [0.29, 0.717) is 22.6 Å². The maximum absolute atomic E-state index is 12.9. The number of hydrogen-bond donors (Lipinski definition) is 1. The molecule has 28 heavy (non-hydrogen) atoms. The van der Waals surface area contributed by atoms with Crippen LogP contribution in [0.15, 0.2) is 60.5 Å². The number of ketones is 1. The fourth-order valence-corrected chi connectivity index (χ4v) is 3.56. The molecule has 0 spiro atoms. The van der Waals surface area contributed by atoms with Gasteiger partial charge in [-0.15, -0.1) is 11.3 Å². The van der Waals surface area contributed by atoms with Gasteiger partial charge in [0.2, 0.25) is 0 Å². The number of methoxy groups -OCH3 is 2. The minimum Gasteiger partial charge on any atom is -0.496 e. The first-order valence-corrected chi connectivity index (χ1v) is 9.21. The average Bonchev–Trinajstić information content (AvgIpc) is 3.26. The molecule has 0 aliphatic carbocycles.